The maximum Gasteiger partial charge on any atom is 0.272 e. The molecular weight excluding hydrogens is 278 g/mol. The van der Waals surface area contributed by atoms with Gasteiger partial charge in [0.15, 0.2) is 0 Å². The first-order valence-corrected chi connectivity index (χ1v) is 8.31. The molecule has 5 heteroatoms. The van der Waals surface area contributed by atoms with Crippen molar-refractivity contribution in [2.45, 2.75) is 51.1 Å². The fourth-order valence-electron chi connectivity index (χ4n) is 4.08. The van der Waals surface area contributed by atoms with Crippen LogP contribution in [0.4, 0.5) is 5.69 Å². The summed E-state index contributed by atoms with van der Waals surface area (Å²) in [6.45, 7) is 5.80. The van der Waals surface area contributed by atoms with E-state index in [-0.39, 0.29) is 16.1 Å². The van der Waals surface area contributed by atoms with Crippen molar-refractivity contribution >= 4 is 5.69 Å². The molecule has 1 aromatic carbocycles. The predicted octanol–water partition coefficient (Wildman–Crippen LogP) is 3.01. The van der Waals surface area contributed by atoms with Crippen LogP contribution in [0.5, 0.6) is 0 Å². The average Bonchev–Trinajstić information content (AvgIpc) is 2.52. The Labute approximate surface area is 131 Å². The van der Waals surface area contributed by atoms with Crippen molar-refractivity contribution in [3.63, 3.8) is 0 Å². The Balaban J connectivity index is 1.84. The van der Waals surface area contributed by atoms with Gasteiger partial charge in [0.2, 0.25) is 0 Å². The minimum Gasteiger partial charge on any atom is -0.314 e. The van der Waals surface area contributed by atoms with Crippen LogP contribution >= 0.6 is 0 Å². The number of benzene rings is 1. The minimum atomic E-state index is -0.271. The molecule has 0 radical (unpaired) electrons. The Morgan fingerprint density at radius 3 is 2.82 bits per heavy atom. The van der Waals surface area contributed by atoms with Gasteiger partial charge in [-0.2, -0.15) is 0 Å². The standard InChI is InChI=1S/C17H25N3O2/c1-14-15(6-5-7-16(14)20(21)22)12-19-11-10-18-13-17(19)8-3-2-4-9-17/h5-7,18H,2-4,8-13H2,1H3. The zero-order chi connectivity index (χ0) is 15.6. The van der Waals surface area contributed by atoms with Gasteiger partial charge in [-0.15, -0.1) is 0 Å². The summed E-state index contributed by atoms with van der Waals surface area (Å²) in [6, 6.07) is 5.46. The third-order valence-corrected chi connectivity index (χ3v) is 5.44. The van der Waals surface area contributed by atoms with Crippen molar-refractivity contribution in [3.05, 3.63) is 39.4 Å². The summed E-state index contributed by atoms with van der Waals surface area (Å²) in [6.07, 6.45) is 6.42. The van der Waals surface area contributed by atoms with Crippen LogP contribution in [0.1, 0.15) is 43.2 Å². The van der Waals surface area contributed by atoms with E-state index in [1.807, 2.05) is 19.1 Å². The Hall–Kier alpha value is -1.46. The highest BCUT2D eigenvalue weighted by molar-refractivity contribution is 5.44. The molecule has 1 saturated carbocycles. The maximum absolute atomic E-state index is 11.1. The number of rotatable bonds is 3. The lowest BCUT2D eigenvalue weighted by Crippen LogP contribution is -2.61. The summed E-state index contributed by atoms with van der Waals surface area (Å²) in [5, 5.41) is 14.7. The summed E-state index contributed by atoms with van der Waals surface area (Å²) in [4.78, 5) is 13.5. The lowest BCUT2D eigenvalue weighted by atomic mass is 9.78. The van der Waals surface area contributed by atoms with Crippen LogP contribution in [0.2, 0.25) is 0 Å². The first-order valence-electron chi connectivity index (χ1n) is 8.31. The Morgan fingerprint density at radius 2 is 2.09 bits per heavy atom. The minimum absolute atomic E-state index is 0.241. The normalized spacial score (nSPS) is 21.9. The molecule has 1 N–H and O–H groups in total. The molecule has 1 spiro atoms. The first kappa shape index (κ1) is 15.4. The fourth-order valence-corrected chi connectivity index (χ4v) is 4.08. The topological polar surface area (TPSA) is 58.4 Å². The molecule has 3 rings (SSSR count). The van der Waals surface area contributed by atoms with Crippen molar-refractivity contribution in [2.24, 2.45) is 0 Å². The number of hydrogen-bond donors (Lipinski definition) is 1. The van der Waals surface area contributed by atoms with E-state index in [0.717, 1.165) is 37.3 Å². The number of nitro benzene ring substituents is 1. The summed E-state index contributed by atoms with van der Waals surface area (Å²) in [5.41, 5.74) is 2.41. The highest BCUT2D eigenvalue weighted by Crippen LogP contribution is 2.36. The number of hydrogen-bond acceptors (Lipinski definition) is 4. The van der Waals surface area contributed by atoms with E-state index < -0.39 is 0 Å². The molecule has 0 amide bonds. The predicted molar refractivity (Wildman–Crippen MR) is 86.9 cm³/mol. The molecule has 2 aliphatic rings. The van der Waals surface area contributed by atoms with Crippen molar-refractivity contribution in [2.75, 3.05) is 19.6 Å². The Bertz CT molecular complexity index is 545. The summed E-state index contributed by atoms with van der Waals surface area (Å²) < 4.78 is 0. The second-order valence-electron chi connectivity index (χ2n) is 6.70. The molecule has 0 unspecified atom stereocenters. The molecule has 5 nitrogen and oxygen atoms in total. The second-order valence-corrected chi connectivity index (χ2v) is 6.70. The van der Waals surface area contributed by atoms with E-state index in [1.165, 1.54) is 32.1 Å². The molecular formula is C17H25N3O2. The third kappa shape index (κ3) is 2.88. The zero-order valence-corrected chi connectivity index (χ0v) is 13.3. The summed E-state index contributed by atoms with van der Waals surface area (Å²) in [7, 11) is 0. The lowest BCUT2D eigenvalue weighted by Gasteiger charge is -2.50. The van der Waals surface area contributed by atoms with Gasteiger partial charge in [-0.3, -0.25) is 15.0 Å². The van der Waals surface area contributed by atoms with Gasteiger partial charge in [-0.1, -0.05) is 31.4 Å². The fraction of sp³-hybridized carbons (Fsp3) is 0.647. The van der Waals surface area contributed by atoms with Crippen molar-refractivity contribution in [1.82, 2.24) is 10.2 Å². The first-order chi connectivity index (χ1) is 10.6. The van der Waals surface area contributed by atoms with Gasteiger partial charge in [0, 0.05) is 43.3 Å². The Morgan fingerprint density at radius 1 is 1.32 bits per heavy atom. The molecule has 1 saturated heterocycles. The monoisotopic (exact) mass is 303 g/mol. The van der Waals surface area contributed by atoms with Gasteiger partial charge in [0.1, 0.15) is 0 Å². The zero-order valence-electron chi connectivity index (χ0n) is 13.3. The van der Waals surface area contributed by atoms with Crippen LogP contribution in [0.15, 0.2) is 18.2 Å². The summed E-state index contributed by atoms with van der Waals surface area (Å²) in [5.74, 6) is 0. The number of nitro groups is 1. The smallest absolute Gasteiger partial charge is 0.272 e. The summed E-state index contributed by atoms with van der Waals surface area (Å²) >= 11 is 0. The van der Waals surface area contributed by atoms with Crippen molar-refractivity contribution < 1.29 is 4.92 Å². The molecule has 1 heterocycles. The van der Waals surface area contributed by atoms with Crippen LogP contribution in [-0.2, 0) is 6.54 Å². The highest BCUT2D eigenvalue weighted by atomic mass is 16.6. The lowest BCUT2D eigenvalue weighted by molar-refractivity contribution is -0.385. The van der Waals surface area contributed by atoms with Crippen LogP contribution < -0.4 is 5.32 Å². The number of piperazine rings is 1. The van der Waals surface area contributed by atoms with E-state index in [4.69, 9.17) is 0 Å². The highest BCUT2D eigenvalue weighted by Gasteiger charge is 2.39. The molecule has 2 fully saturated rings. The van der Waals surface area contributed by atoms with E-state index in [1.54, 1.807) is 6.07 Å². The molecule has 0 bridgehead atoms. The average molecular weight is 303 g/mol. The molecule has 1 aliphatic heterocycles. The SMILES string of the molecule is Cc1c(CN2CCNCC23CCCCC3)cccc1[N+](=O)[O-]. The quantitative estimate of drug-likeness (QED) is 0.689. The second kappa shape index (κ2) is 6.34. The van der Waals surface area contributed by atoms with Gasteiger partial charge in [-0.05, 0) is 25.3 Å². The largest absolute Gasteiger partial charge is 0.314 e. The van der Waals surface area contributed by atoms with E-state index in [0.29, 0.717) is 0 Å². The van der Waals surface area contributed by atoms with Gasteiger partial charge in [-0.25, -0.2) is 0 Å². The molecule has 120 valence electrons. The van der Waals surface area contributed by atoms with Crippen LogP contribution in [0.3, 0.4) is 0 Å². The number of nitrogens with zero attached hydrogens (tertiary/aromatic N) is 2. The molecule has 1 aromatic rings. The van der Waals surface area contributed by atoms with Gasteiger partial charge in [0.05, 0.1) is 4.92 Å². The van der Waals surface area contributed by atoms with Gasteiger partial charge >= 0.3 is 0 Å². The van der Waals surface area contributed by atoms with Crippen LogP contribution in [0, 0.1) is 17.0 Å². The molecule has 0 aromatic heterocycles. The maximum atomic E-state index is 11.1. The van der Waals surface area contributed by atoms with Gasteiger partial charge < -0.3 is 5.32 Å². The molecule has 0 atom stereocenters. The van der Waals surface area contributed by atoms with Crippen molar-refractivity contribution in [3.8, 4) is 0 Å². The third-order valence-electron chi connectivity index (χ3n) is 5.44. The van der Waals surface area contributed by atoms with E-state index in [2.05, 4.69) is 10.2 Å². The molecule has 1 aliphatic carbocycles. The van der Waals surface area contributed by atoms with Crippen molar-refractivity contribution in [1.29, 1.82) is 0 Å². The van der Waals surface area contributed by atoms with Gasteiger partial charge in [0.25, 0.3) is 5.69 Å². The molecule has 22 heavy (non-hydrogen) atoms. The van der Waals surface area contributed by atoms with E-state index in [9.17, 15) is 10.1 Å². The Kier molecular flexibility index (Phi) is 4.45. The van der Waals surface area contributed by atoms with Crippen LogP contribution in [-0.4, -0.2) is 35.0 Å². The van der Waals surface area contributed by atoms with E-state index >= 15 is 0 Å². The van der Waals surface area contributed by atoms with Crippen LogP contribution in [0.25, 0.3) is 0 Å². The number of nitrogens with one attached hydrogen (secondary N) is 1.